The molecular formula is C13H26N2O2S2. The number of hydrogen-bond acceptors (Lipinski definition) is 5. The van der Waals surface area contributed by atoms with Gasteiger partial charge in [-0.1, -0.05) is 20.8 Å². The largest absolute Gasteiger partial charge is 0.368 e. The molecule has 0 aliphatic rings. The van der Waals surface area contributed by atoms with Gasteiger partial charge in [0, 0.05) is 16.7 Å². The highest BCUT2D eigenvalue weighted by Crippen LogP contribution is 2.29. The topological polar surface area (TPSA) is 72.2 Å². The molecule has 112 valence electrons. The third kappa shape index (κ3) is 6.68. The lowest BCUT2D eigenvalue weighted by atomic mass is 10.0. The summed E-state index contributed by atoms with van der Waals surface area (Å²) in [4.78, 5) is 23.4. The maximum Gasteiger partial charge on any atom is 0.235 e. The van der Waals surface area contributed by atoms with Gasteiger partial charge in [0.25, 0.3) is 0 Å². The van der Waals surface area contributed by atoms with Crippen molar-refractivity contribution >= 4 is 36.1 Å². The van der Waals surface area contributed by atoms with Crippen molar-refractivity contribution in [2.24, 2.45) is 11.7 Å². The summed E-state index contributed by atoms with van der Waals surface area (Å²) in [5, 5.41) is 3.16. The van der Waals surface area contributed by atoms with E-state index in [9.17, 15) is 9.59 Å². The molecule has 2 atom stereocenters. The first kappa shape index (κ1) is 18.8. The molecule has 0 aromatic heterocycles. The van der Waals surface area contributed by atoms with Gasteiger partial charge in [-0.25, -0.2) is 0 Å². The molecule has 0 bridgehead atoms. The second kappa shape index (κ2) is 8.17. The summed E-state index contributed by atoms with van der Waals surface area (Å²) < 4.78 is -0.428. The smallest absolute Gasteiger partial charge is 0.235 e. The molecule has 0 aliphatic carbocycles. The molecule has 3 N–H and O–H groups in total. The van der Waals surface area contributed by atoms with Gasteiger partial charge < -0.3 is 11.1 Å². The number of primary amides is 1. The molecule has 0 heterocycles. The molecule has 0 saturated carbocycles. The lowest BCUT2D eigenvalue weighted by molar-refractivity contribution is -0.121. The SMILES string of the molecule is CC(C)NC(C(N)=O)C(C)(C)SCC(=O)C(C)CS. The second-order valence-electron chi connectivity index (χ2n) is 5.60. The van der Waals surface area contributed by atoms with Gasteiger partial charge >= 0.3 is 0 Å². The zero-order valence-electron chi connectivity index (χ0n) is 12.4. The molecule has 2 unspecified atom stereocenters. The summed E-state index contributed by atoms with van der Waals surface area (Å²) in [6, 6.07) is -0.305. The molecule has 0 aromatic rings. The van der Waals surface area contributed by atoms with Crippen molar-refractivity contribution in [3.05, 3.63) is 0 Å². The number of nitrogens with two attached hydrogens (primary N) is 1. The van der Waals surface area contributed by atoms with Gasteiger partial charge in [-0.2, -0.15) is 12.6 Å². The van der Waals surface area contributed by atoms with Gasteiger partial charge in [-0.3, -0.25) is 9.59 Å². The number of hydrogen-bond donors (Lipinski definition) is 3. The Morgan fingerprint density at radius 1 is 1.32 bits per heavy atom. The Morgan fingerprint density at radius 2 is 1.84 bits per heavy atom. The van der Waals surface area contributed by atoms with Crippen LogP contribution >= 0.6 is 24.4 Å². The number of thioether (sulfide) groups is 1. The first-order chi connectivity index (χ1) is 8.61. The molecule has 0 spiro atoms. The summed E-state index contributed by atoms with van der Waals surface area (Å²) in [5.41, 5.74) is 5.45. The fourth-order valence-electron chi connectivity index (χ4n) is 1.54. The van der Waals surface area contributed by atoms with E-state index in [1.807, 2.05) is 34.6 Å². The Labute approximate surface area is 126 Å². The molecule has 0 fully saturated rings. The summed E-state index contributed by atoms with van der Waals surface area (Å²) in [6.07, 6.45) is 0. The maximum absolute atomic E-state index is 11.8. The van der Waals surface area contributed by atoms with Crippen molar-refractivity contribution in [2.45, 2.75) is 51.4 Å². The highest BCUT2D eigenvalue weighted by atomic mass is 32.2. The van der Waals surface area contributed by atoms with Gasteiger partial charge in [0.05, 0.1) is 5.75 Å². The minimum Gasteiger partial charge on any atom is -0.368 e. The molecule has 6 heteroatoms. The molecular weight excluding hydrogens is 280 g/mol. The minimum absolute atomic E-state index is 0.0586. The van der Waals surface area contributed by atoms with Crippen molar-refractivity contribution in [3.63, 3.8) is 0 Å². The van der Waals surface area contributed by atoms with E-state index in [-0.39, 0.29) is 23.7 Å². The minimum atomic E-state index is -0.461. The highest BCUT2D eigenvalue weighted by molar-refractivity contribution is 8.01. The number of rotatable bonds is 9. The van der Waals surface area contributed by atoms with E-state index < -0.39 is 10.8 Å². The number of carbonyl (C=O) groups is 2. The molecule has 0 saturated heterocycles. The number of nitrogens with one attached hydrogen (secondary N) is 1. The van der Waals surface area contributed by atoms with Crippen LogP contribution in [0.25, 0.3) is 0 Å². The van der Waals surface area contributed by atoms with Gasteiger partial charge in [-0.15, -0.1) is 11.8 Å². The Kier molecular flexibility index (Phi) is 8.08. The Balaban J connectivity index is 4.64. The zero-order chi connectivity index (χ0) is 15.2. The van der Waals surface area contributed by atoms with E-state index in [4.69, 9.17) is 5.73 Å². The van der Waals surface area contributed by atoms with Crippen LogP contribution in [0.1, 0.15) is 34.6 Å². The number of Topliss-reactive ketones (excluding diaryl/α,β-unsaturated/α-hetero) is 1. The fourth-order valence-corrected chi connectivity index (χ4v) is 2.90. The number of amides is 1. The van der Waals surface area contributed by atoms with Crippen molar-refractivity contribution in [3.8, 4) is 0 Å². The third-order valence-electron chi connectivity index (χ3n) is 2.89. The predicted octanol–water partition coefficient (Wildman–Crippen LogP) is 1.49. The van der Waals surface area contributed by atoms with E-state index in [2.05, 4.69) is 17.9 Å². The van der Waals surface area contributed by atoms with Crippen LogP contribution in [0.3, 0.4) is 0 Å². The standard InChI is InChI=1S/C13H26N2O2S2/c1-8(2)15-11(12(14)17)13(4,5)19-7-10(16)9(3)6-18/h8-9,11,15,18H,6-7H2,1-5H3,(H2,14,17). The fraction of sp³-hybridized carbons (Fsp3) is 0.846. The lowest BCUT2D eigenvalue weighted by Gasteiger charge is -2.33. The molecule has 19 heavy (non-hydrogen) atoms. The molecule has 0 aromatic carbocycles. The Morgan fingerprint density at radius 3 is 2.21 bits per heavy atom. The summed E-state index contributed by atoms with van der Waals surface area (Å²) in [5.74, 6) is 0.625. The summed E-state index contributed by atoms with van der Waals surface area (Å²) >= 11 is 5.58. The average molecular weight is 306 g/mol. The molecule has 1 amide bonds. The predicted molar refractivity (Wildman–Crippen MR) is 85.8 cm³/mol. The first-order valence-corrected chi connectivity index (χ1v) is 8.06. The third-order valence-corrected chi connectivity index (χ3v) is 4.85. The van der Waals surface area contributed by atoms with Gasteiger partial charge in [0.2, 0.25) is 5.91 Å². The van der Waals surface area contributed by atoms with E-state index in [0.29, 0.717) is 11.5 Å². The van der Waals surface area contributed by atoms with Crippen LogP contribution < -0.4 is 11.1 Å². The van der Waals surface area contributed by atoms with Crippen LogP contribution in [0, 0.1) is 5.92 Å². The lowest BCUT2D eigenvalue weighted by Crippen LogP contribution is -2.55. The van der Waals surface area contributed by atoms with Crippen LogP contribution in [-0.2, 0) is 9.59 Å². The molecule has 0 radical (unpaired) electrons. The molecule has 0 aliphatic heterocycles. The van der Waals surface area contributed by atoms with E-state index in [1.54, 1.807) is 0 Å². The van der Waals surface area contributed by atoms with E-state index >= 15 is 0 Å². The van der Waals surface area contributed by atoms with Crippen LogP contribution in [-0.4, -0.2) is 40.0 Å². The summed E-state index contributed by atoms with van der Waals surface area (Å²) in [7, 11) is 0. The normalized spacial score (nSPS) is 15.3. The van der Waals surface area contributed by atoms with Crippen LogP contribution in [0.15, 0.2) is 0 Å². The molecule has 4 nitrogen and oxygen atoms in total. The van der Waals surface area contributed by atoms with Gasteiger partial charge in [0.15, 0.2) is 0 Å². The second-order valence-corrected chi connectivity index (χ2v) is 7.59. The van der Waals surface area contributed by atoms with Crippen molar-refractivity contribution < 1.29 is 9.59 Å². The number of carbonyl (C=O) groups excluding carboxylic acids is 2. The Bertz CT molecular complexity index is 320. The maximum atomic E-state index is 11.8. The summed E-state index contributed by atoms with van der Waals surface area (Å²) in [6.45, 7) is 9.65. The highest BCUT2D eigenvalue weighted by Gasteiger charge is 2.35. The molecule has 0 rings (SSSR count). The number of ketones is 1. The number of thiol groups is 1. The van der Waals surface area contributed by atoms with Crippen LogP contribution in [0.5, 0.6) is 0 Å². The monoisotopic (exact) mass is 306 g/mol. The van der Waals surface area contributed by atoms with Gasteiger partial charge in [-0.05, 0) is 19.6 Å². The van der Waals surface area contributed by atoms with Crippen molar-refractivity contribution in [2.75, 3.05) is 11.5 Å². The zero-order valence-corrected chi connectivity index (χ0v) is 14.1. The Hall–Kier alpha value is -0.200. The van der Waals surface area contributed by atoms with Crippen LogP contribution in [0.2, 0.25) is 0 Å². The van der Waals surface area contributed by atoms with Gasteiger partial charge in [0.1, 0.15) is 11.8 Å². The average Bonchev–Trinajstić information content (AvgIpc) is 2.31. The van der Waals surface area contributed by atoms with Crippen molar-refractivity contribution in [1.82, 2.24) is 5.32 Å². The van der Waals surface area contributed by atoms with E-state index in [1.165, 1.54) is 11.8 Å². The van der Waals surface area contributed by atoms with Crippen molar-refractivity contribution in [1.29, 1.82) is 0 Å². The van der Waals surface area contributed by atoms with Crippen LogP contribution in [0.4, 0.5) is 0 Å². The van der Waals surface area contributed by atoms with E-state index in [0.717, 1.165) is 0 Å². The quantitative estimate of drug-likeness (QED) is 0.564. The first-order valence-electron chi connectivity index (χ1n) is 6.44.